The fraction of sp³-hybridized carbons (Fsp3) is 0.167. The van der Waals surface area contributed by atoms with Gasteiger partial charge in [-0.15, -0.1) is 0 Å². The number of rotatable bonds is 5. The minimum absolute atomic E-state index is 1.01. The molecule has 0 aromatic heterocycles. The molecule has 0 N–H and O–H groups in total. The second-order valence-corrected chi connectivity index (χ2v) is 2.48. The van der Waals surface area contributed by atoms with E-state index in [4.69, 9.17) is 0 Å². The highest BCUT2D eigenvalue weighted by Crippen LogP contribution is 2.11. The number of aliphatic imine (C=N–C) groups is 2. The van der Waals surface area contributed by atoms with Gasteiger partial charge in [0.05, 0.1) is 0 Å². The smallest absolute Gasteiger partial charge is 0.0277 e. The van der Waals surface area contributed by atoms with Crippen molar-refractivity contribution in [2.75, 3.05) is 7.05 Å². The first-order valence-electron chi connectivity index (χ1n) is 4.34. The van der Waals surface area contributed by atoms with Crippen molar-refractivity contribution in [1.82, 2.24) is 0 Å². The summed E-state index contributed by atoms with van der Waals surface area (Å²) >= 11 is 0. The highest BCUT2D eigenvalue weighted by Gasteiger charge is 1.94. The van der Waals surface area contributed by atoms with Crippen molar-refractivity contribution in [1.29, 1.82) is 0 Å². The van der Waals surface area contributed by atoms with Gasteiger partial charge in [-0.05, 0) is 36.9 Å². The van der Waals surface area contributed by atoms with Crippen molar-refractivity contribution in [2.45, 2.75) is 6.92 Å². The summed E-state index contributed by atoms with van der Waals surface area (Å²) in [5.74, 6) is 0. The van der Waals surface area contributed by atoms with Crippen molar-refractivity contribution in [3.63, 3.8) is 0 Å². The van der Waals surface area contributed by atoms with Crippen LogP contribution < -0.4 is 0 Å². The lowest BCUT2D eigenvalue weighted by atomic mass is 10.1. The molecule has 0 fully saturated rings. The van der Waals surface area contributed by atoms with E-state index in [-0.39, 0.29) is 0 Å². The zero-order valence-corrected chi connectivity index (χ0v) is 8.77. The van der Waals surface area contributed by atoms with Crippen LogP contribution in [0.1, 0.15) is 6.92 Å². The Balaban J connectivity index is 4.89. The normalized spacial score (nSPS) is 13.9. The predicted molar refractivity (Wildman–Crippen MR) is 65.1 cm³/mol. The van der Waals surface area contributed by atoms with Crippen molar-refractivity contribution in [2.24, 2.45) is 9.98 Å². The first kappa shape index (κ1) is 12.3. The maximum atomic E-state index is 3.88. The Kier molecular flexibility index (Phi) is 6.96. The summed E-state index contributed by atoms with van der Waals surface area (Å²) in [5.41, 5.74) is 2.06. The Morgan fingerprint density at radius 2 is 2.00 bits per heavy atom. The van der Waals surface area contributed by atoms with Crippen molar-refractivity contribution >= 4 is 12.9 Å². The largest absolute Gasteiger partial charge is 0.296 e. The molecule has 0 radical (unpaired) electrons. The molecular formula is C12H16N2. The SMILES string of the molecule is C=CC(=CC=NC)C(C=CN=C)=CC. The van der Waals surface area contributed by atoms with Gasteiger partial charge in [0.15, 0.2) is 0 Å². The zero-order chi connectivity index (χ0) is 10.8. The van der Waals surface area contributed by atoms with Gasteiger partial charge in [-0.3, -0.25) is 9.98 Å². The third-order valence-corrected chi connectivity index (χ3v) is 1.63. The number of hydrogen-bond donors (Lipinski definition) is 0. The molecule has 0 spiro atoms. The number of nitrogens with zero attached hydrogens (tertiary/aromatic N) is 2. The van der Waals surface area contributed by atoms with Crippen LogP contribution in [-0.4, -0.2) is 20.0 Å². The maximum Gasteiger partial charge on any atom is 0.0277 e. The van der Waals surface area contributed by atoms with Gasteiger partial charge in [0.2, 0.25) is 0 Å². The molecule has 74 valence electrons. The molecule has 0 aromatic carbocycles. The summed E-state index contributed by atoms with van der Waals surface area (Å²) in [4.78, 5) is 7.54. The van der Waals surface area contributed by atoms with Crippen molar-refractivity contribution < 1.29 is 0 Å². The lowest BCUT2D eigenvalue weighted by Gasteiger charge is -2.00. The van der Waals surface area contributed by atoms with Crippen LogP contribution in [0, 0.1) is 0 Å². The lowest BCUT2D eigenvalue weighted by molar-refractivity contribution is 1.45. The number of hydrogen-bond acceptors (Lipinski definition) is 2. The molecule has 0 aromatic rings. The van der Waals surface area contributed by atoms with Crippen LogP contribution in [-0.2, 0) is 0 Å². The van der Waals surface area contributed by atoms with Gasteiger partial charge in [0.1, 0.15) is 0 Å². The van der Waals surface area contributed by atoms with Crippen LogP contribution in [0.4, 0.5) is 0 Å². The summed E-state index contributed by atoms with van der Waals surface area (Å²) < 4.78 is 0. The summed E-state index contributed by atoms with van der Waals surface area (Å²) in [7, 11) is 1.73. The Bertz CT molecular complexity index is 304. The molecular weight excluding hydrogens is 172 g/mol. The van der Waals surface area contributed by atoms with E-state index in [1.807, 2.05) is 25.2 Å². The van der Waals surface area contributed by atoms with Crippen LogP contribution in [0.5, 0.6) is 0 Å². The topological polar surface area (TPSA) is 24.7 Å². The minimum Gasteiger partial charge on any atom is -0.296 e. The van der Waals surface area contributed by atoms with E-state index in [1.54, 1.807) is 25.5 Å². The third-order valence-electron chi connectivity index (χ3n) is 1.63. The van der Waals surface area contributed by atoms with E-state index < -0.39 is 0 Å². The quantitative estimate of drug-likeness (QED) is 0.468. The first-order valence-corrected chi connectivity index (χ1v) is 4.34. The molecule has 0 saturated carbocycles. The molecule has 14 heavy (non-hydrogen) atoms. The zero-order valence-electron chi connectivity index (χ0n) is 8.77. The summed E-state index contributed by atoms with van der Waals surface area (Å²) in [5, 5.41) is 0. The van der Waals surface area contributed by atoms with Gasteiger partial charge in [-0.2, -0.15) is 0 Å². The molecule has 0 unspecified atom stereocenters. The van der Waals surface area contributed by atoms with Gasteiger partial charge in [-0.1, -0.05) is 18.7 Å². The summed E-state index contributed by atoms with van der Waals surface area (Å²) in [6.45, 7) is 9.08. The average Bonchev–Trinajstić information content (AvgIpc) is 2.23. The van der Waals surface area contributed by atoms with Gasteiger partial charge in [0.25, 0.3) is 0 Å². The molecule has 0 amide bonds. The van der Waals surface area contributed by atoms with E-state index in [9.17, 15) is 0 Å². The molecule has 0 rings (SSSR count). The molecule has 0 aliphatic rings. The van der Waals surface area contributed by atoms with Crippen molar-refractivity contribution in [3.05, 3.63) is 48.2 Å². The van der Waals surface area contributed by atoms with E-state index in [0.717, 1.165) is 11.1 Å². The highest BCUT2D eigenvalue weighted by molar-refractivity contribution is 5.75. The summed E-state index contributed by atoms with van der Waals surface area (Å²) in [6, 6.07) is 0. The highest BCUT2D eigenvalue weighted by atomic mass is 14.6. The minimum atomic E-state index is 1.01. The van der Waals surface area contributed by atoms with E-state index in [1.165, 1.54) is 0 Å². The molecule has 0 aliphatic heterocycles. The van der Waals surface area contributed by atoms with Crippen molar-refractivity contribution in [3.8, 4) is 0 Å². The van der Waals surface area contributed by atoms with Crippen LogP contribution in [0.2, 0.25) is 0 Å². The molecule has 0 saturated heterocycles. The van der Waals surface area contributed by atoms with E-state index >= 15 is 0 Å². The Morgan fingerprint density at radius 1 is 1.29 bits per heavy atom. The van der Waals surface area contributed by atoms with Gasteiger partial charge in [-0.25, -0.2) is 0 Å². The second-order valence-electron chi connectivity index (χ2n) is 2.48. The Labute approximate surface area is 85.8 Å². The molecule has 0 aliphatic carbocycles. The van der Waals surface area contributed by atoms with E-state index in [0.29, 0.717) is 0 Å². The Morgan fingerprint density at radius 3 is 2.43 bits per heavy atom. The third kappa shape index (κ3) is 4.36. The Hall–Kier alpha value is -1.70. The first-order chi connectivity index (χ1) is 6.79. The van der Waals surface area contributed by atoms with E-state index in [2.05, 4.69) is 23.3 Å². The average molecular weight is 188 g/mol. The fourth-order valence-corrected chi connectivity index (χ4v) is 0.929. The van der Waals surface area contributed by atoms with Gasteiger partial charge < -0.3 is 0 Å². The molecule has 0 atom stereocenters. The second kappa shape index (κ2) is 7.92. The summed E-state index contributed by atoms with van der Waals surface area (Å²) in [6.07, 6.45) is 10.9. The molecule has 0 heterocycles. The van der Waals surface area contributed by atoms with Crippen LogP contribution in [0.3, 0.4) is 0 Å². The van der Waals surface area contributed by atoms with Crippen LogP contribution in [0.15, 0.2) is 58.2 Å². The molecule has 2 nitrogen and oxygen atoms in total. The number of allylic oxidation sites excluding steroid dienone is 6. The monoisotopic (exact) mass is 188 g/mol. The van der Waals surface area contributed by atoms with Gasteiger partial charge >= 0.3 is 0 Å². The van der Waals surface area contributed by atoms with Crippen LogP contribution in [0.25, 0.3) is 0 Å². The molecule has 2 heteroatoms. The van der Waals surface area contributed by atoms with Gasteiger partial charge in [0, 0.05) is 19.5 Å². The predicted octanol–water partition coefficient (Wildman–Crippen LogP) is 2.96. The fourth-order valence-electron chi connectivity index (χ4n) is 0.929. The maximum absolute atomic E-state index is 3.88. The van der Waals surface area contributed by atoms with Crippen LogP contribution >= 0.6 is 0 Å². The molecule has 0 bridgehead atoms. The standard InChI is InChI=1S/C12H16N2/c1-5-11(7-9-13-3)12(6-2)8-10-14-4/h5-10H,1,4H2,2-3H3. The lowest BCUT2D eigenvalue weighted by Crippen LogP contribution is -1.83.